The van der Waals surface area contributed by atoms with Crippen LogP contribution in [-0.2, 0) is 12.8 Å². The van der Waals surface area contributed by atoms with Crippen LogP contribution in [0.3, 0.4) is 0 Å². The number of H-pyrrole nitrogens is 1. The molecule has 0 spiro atoms. The molecule has 134 valence electrons. The first kappa shape index (κ1) is 16.0. The van der Waals surface area contributed by atoms with Crippen molar-refractivity contribution in [3.8, 4) is 5.75 Å². The Bertz CT molecular complexity index is 1160. The standard InChI is InChI=1S/C22H19N3O2/c26-22-17-3-1-2-4-19(17)24-21(25-22)10-7-16-6-8-18(23-16)14-5-9-20-15(13-14)11-12-27-20/h1-5,8-9,13H,6-7,10-12H2,(H,24,25,26). The molecule has 0 saturated carbocycles. The molecule has 0 atom stereocenters. The van der Waals surface area contributed by atoms with Crippen LogP contribution in [0, 0.1) is 0 Å². The van der Waals surface area contributed by atoms with Crippen LogP contribution in [0.5, 0.6) is 5.75 Å². The number of ether oxygens (including phenoxy) is 1. The number of benzene rings is 2. The molecule has 5 heteroatoms. The molecule has 0 unspecified atom stereocenters. The number of fused-ring (bicyclic) bond motifs is 2. The number of aromatic nitrogens is 2. The summed E-state index contributed by atoms with van der Waals surface area (Å²) in [6.45, 7) is 0.767. The van der Waals surface area contributed by atoms with Crippen LogP contribution in [0.2, 0.25) is 0 Å². The smallest absolute Gasteiger partial charge is 0.258 e. The Morgan fingerprint density at radius 2 is 2.04 bits per heavy atom. The van der Waals surface area contributed by atoms with Gasteiger partial charge in [0.1, 0.15) is 11.6 Å². The van der Waals surface area contributed by atoms with E-state index in [0.29, 0.717) is 17.6 Å². The molecule has 2 aliphatic rings. The van der Waals surface area contributed by atoms with E-state index < -0.39 is 0 Å². The predicted molar refractivity (Wildman–Crippen MR) is 106 cm³/mol. The molecule has 1 aromatic heterocycles. The summed E-state index contributed by atoms with van der Waals surface area (Å²) in [4.78, 5) is 24.4. The number of nitrogens with zero attached hydrogens (tertiary/aromatic N) is 2. The van der Waals surface area contributed by atoms with E-state index in [-0.39, 0.29) is 5.56 Å². The number of aromatic amines is 1. The molecule has 1 N–H and O–H groups in total. The highest BCUT2D eigenvalue weighted by molar-refractivity contribution is 5.96. The molecule has 3 aromatic rings. The first-order valence-electron chi connectivity index (χ1n) is 9.27. The third-order valence-electron chi connectivity index (χ3n) is 5.11. The van der Waals surface area contributed by atoms with E-state index in [4.69, 9.17) is 9.73 Å². The summed E-state index contributed by atoms with van der Waals surface area (Å²) in [6.07, 6.45) is 5.45. The molecule has 0 aliphatic carbocycles. The molecule has 5 nitrogen and oxygen atoms in total. The van der Waals surface area contributed by atoms with Crippen molar-refractivity contribution in [2.24, 2.45) is 4.99 Å². The van der Waals surface area contributed by atoms with Gasteiger partial charge in [-0.1, -0.05) is 18.2 Å². The van der Waals surface area contributed by atoms with Crippen LogP contribution in [0.25, 0.3) is 16.6 Å². The molecule has 0 saturated heterocycles. The molecule has 5 rings (SSSR count). The zero-order valence-corrected chi connectivity index (χ0v) is 14.9. The number of para-hydroxylation sites is 1. The van der Waals surface area contributed by atoms with Gasteiger partial charge in [0.05, 0.1) is 23.2 Å². The lowest BCUT2D eigenvalue weighted by Crippen LogP contribution is -2.12. The topological polar surface area (TPSA) is 67.3 Å². The van der Waals surface area contributed by atoms with Crippen molar-refractivity contribution in [2.75, 3.05) is 6.61 Å². The highest BCUT2D eigenvalue weighted by Crippen LogP contribution is 2.31. The monoisotopic (exact) mass is 357 g/mol. The normalized spacial score (nSPS) is 15.4. The van der Waals surface area contributed by atoms with Gasteiger partial charge >= 0.3 is 0 Å². The quantitative estimate of drug-likeness (QED) is 0.774. The molecule has 3 heterocycles. The minimum atomic E-state index is -0.0804. The second kappa shape index (κ2) is 6.50. The second-order valence-electron chi connectivity index (χ2n) is 6.92. The summed E-state index contributed by atoms with van der Waals surface area (Å²) in [5, 5.41) is 0.629. The molecular weight excluding hydrogens is 338 g/mol. The molecular formula is C22H19N3O2. The van der Waals surface area contributed by atoms with E-state index in [2.05, 4.69) is 28.2 Å². The minimum absolute atomic E-state index is 0.0804. The molecule has 0 radical (unpaired) electrons. The first-order valence-corrected chi connectivity index (χ1v) is 9.27. The molecule has 0 fully saturated rings. The Morgan fingerprint density at radius 1 is 1.11 bits per heavy atom. The Kier molecular flexibility index (Phi) is 3.85. The van der Waals surface area contributed by atoms with Crippen LogP contribution in [0.1, 0.15) is 29.8 Å². The summed E-state index contributed by atoms with van der Waals surface area (Å²) < 4.78 is 5.57. The number of aryl methyl sites for hydroxylation is 1. The van der Waals surface area contributed by atoms with Gasteiger partial charge in [-0.15, -0.1) is 0 Å². The maximum atomic E-state index is 12.2. The van der Waals surface area contributed by atoms with E-state index in [1.165, 1.54) is 5.56 Å². The van der Waals surface area contributed by atoms with Crippen molar-refractivity contribution in [3.63, 3.8) is 0 Å². The Hall–Kier alpha value is -3.21. The van der Waals surface area contributed by atoms with Gasteiger partial charge in [0.25, 0.3) is 5.56 Å². The van der Waals surface area contributed by atoms with E-state index in [0.717, 1.165) is 54.1 Å². The van der Waals surface area contributed by atoms with Crippen molar-refractivity contribution in [1.29, 1.82) is 0 Å². The lowest BCUT2D eigenvalue weighted by molar-refractivity contribution is 0.357. The van der Waals surface area contributed by atoms with Crippen LogP contribution < -0.4 is 10.3 Å². The van der Waals surface area contributed by atoms with Crippen molar-refractivity contribution in [3.05, 3.63) is 75.8 Å². The van der Waals surface area contributed by atoms with Crippen molar-refractivity contribution in [2.45, 2.75) is 25.7 Å². The van der Waals surface area contributed by atoms with Crippen molar-refractivity contribution >= 4 is 22.3 Å². The summed E-state index contributed by atoms with van der Waals surface area (Å²) in [6, 6.07) is 13.7. The lowest BCUT2D eigenvalue weighted by Gasteiger charge is -2.04. The third kappa shape index (κ3) is 3.05. The average Bonchev–Trinajstić information content (AvgIpc) is 3.35. The summed E-state index contributed by atoms with van der Waals surface area (Å²) in [5.41, 5.74) is 5.21. The fourth-order valence-corrected chi connectivity index (χ4v) is 3.68. The van der Waals surface area contributed by atoms with Gasteiger partial charge in [0.2, 0.25) is 0 Å². The van der Waals surface area contributed by atoms with Gasteiger partial charge < -0.3 is 9.72 Å². The number of nitrogens with one attached hydrogen (secondary N) is 1. The summed E-state index contributed by atoms with van der Waals surface area (Å²) in [5.74, 6) is 1.71. The zero-order chi connectivity index (χ0) is 18.2. The number of rotatable bonds is 4. The van der Waals surface area contributed by atoms with Gasteiger partial charge in [-0.25, -0.2) is 4.98 Å². The van der Waals surface area contributed by atoms with Gasteiger partial charge in [0, 0.05) is 30.5 Å². The van der Waals surface area contributed by atoms with Gasteiger partial charge in [-0.3, -0.25) is 9.79 Å². The number of hydrogen-bond donors (Lipinski definition) is 1. The van der Waals surface area contributed by atoms with Gasteiger partial charge in [-0.05, 0) is 42.3 Å². The Morgan fingerprint density at radius 3 is 3.00 bits per heavy atom. The molecule has 2 aromatic carbocycles. The summed E-state index contributed by atoms with van der Waals surface area (Å²) >= 11 is 0. The molecule has 0 bridgehead atoms. The molecule has 0 amide bonds. The Balaban J connectivity index is 1.31. The molecule has 2 aliphatic heterocycles. The van der Waals surface area contributed by atoms with E-state index in [1.54, 1.807) is 6.07 Å². The van der Waals surface area contributed by atoms with Crippen LogP contribution in [-0.4, -0.2) is 22.3 Å². The number of hydrogen-bond acceptors (Lipinski definition) is 4. The Labute approximate surface area is 156 Å². The van der Waals surface area contributed by atoms with Crippen LogP contribution in [0.15, 0.2) is 58.3 Å². The zero-order valence-electron chi connectivity index (χ0n) is 14.9. The number of aliphatic imine (C=N–C) groups is 1. The van der Waals surface area contributed by atoms with Crippen molar-refractivity contribution in [1.82, 2.24) is 9.97 Å². The second-order valence-corrected chi connectivity index (χ2v) is 6.92. The largest absolute Gasteiger partial charge is 0.493 e. The van der Waals surface area contributed by atoms with Crippen LogP contribution >= 0.6 is 0 Å². The van der Waals surface area contributed by atoms with Crippen LogP contribution in [0.4, 0.5) is 0 Å². The molecule has 27 heavy (non-hydrogen) atoms. The highest BCUT2D eigenvalue weighted by Gasteiger charge is 2.16. The van der Waals surface area contributed by atoms with Crippen molar-refractivity contribution < 1.29 is 4.74 Å². The average molecular weight is 357 g/mol. The summed E-state index contributed by atoms with van der Waals surface area (Å²) in [7, 11) is 0. The fraction of sp³-hybridized carbons (Fsp3) is 0.227. The predicted octanol–water partition coefficient (Wildman–Crippen LogP) is 3.68. The third-order valence-corrected chi connectivity index (χ3v) is 5.11. The van der Waals surface area contributed by atoms with Gasteiger partial charge in [-0.2, -0.15) is 0 Å². The number of allylic oxidation sites excluding steroid dienone is 1. The maximum Gasteiger partial charge on any atom is 0.258 e. The fourth-order valence-electron chi connectivity index (χ4n) is 3.68. The SMILES string of the molecule is O=c1[nH]c(CCC2=NC(c3ccc4c(c3)CCO4)=CC2)nc2ccccc12. The maximum absolute atomic E-state index is 12.2. The lowest BCUT2D eigenvalue weighted by atomic mass is 10.1. The van der Waals surface area contributed by atoms with Gasteiger partial charge in [0.15, 0.2) is 0 Å². The minimum Gasteiger partial charge on any atom is -0.493 e. The first-order chi connectivity index (χ1) is 13.3. The highest BCUT2D eigenvalue weighted by atomic mass is 16.5. The van der Waals surface area contributed by atoms with E-state index >= 15 is 0 Å². The van der Waals surface area contributed by atoms with E-state index in [9.17, 15) is 4.79 Å². The van der Waals surface area contributed by atoms with E-state index in [1.807, 2.05) is 24.3 Å².